The van der Waals surface area contributed by atoms with Crippen LogP contribution in [0.25, 0.3) is 0 Å². The molecule has 0 saturated carbocycles. The van der Waals surface area contributed by atoms with Crippen molar-refractivity contribution in [3.63, 3.8) is 0 Å². The minimum atomic E-state index is -0.513. The van der Waals surface area contributed by atoms with Gasteiger partial charge in [-0.3, -0.25) is 0 Å². The number of hydrogen-bond donors (Lipinski definition) is 1. The quantitative estimate of drug-likeness (QED) is 0.722. The van der Waals surface area contributed by atoms with Gasteiger partial charge in [0, 0.05) is 52.9 Å². The van der Waals surface area contributed by atoms with Crippen LogP contribution in [0.2, 0.25) is 0 Å². The van der Waals surface area contributed by atoms with E-state index in [0.29, 0.717) is 13.1 Å². The Morgan fingerprint density at radius 2 is 1.82 bits per heavy atom. The standard InChI is InChI=1S/C25H41N5O3/c1-6-28-14-16-29(17-15-28)22-12-8-7-11-21(22)26-23(31)30-13-9-10-20(19-30)18-27(5)24(32)33-25(2,3)4/h7-8,11-12,20H,6,9-10,13-19H2,1-5H3,(H,26,31). The normalized spacial score (nSPS) is 19.8. The van der Waals surface area contributed by atoms with Crippen molar-refractivity contribution >= 4 is 23.5 Å². The Kier molecular flexibility index (Phi) is 8.46. The summed E-state index contributed by atoms with van der Waals surface area (Å²) < 4.78 is 5.47. The van der Waals surface area contributed by atoms with E-state index in [1.807, 2.05) is 43.9 Å². The van der Waals surface area contributed by atoms with Crippen LogP contribution >= 0.6 is 0 Å². The molecular weight excluding hydrogens is 418 g/mol. The number of ether oxygens (including phenoxy) is 1. The lowest BCUT2D eigenvalue weighted by atomic mass is 9.98. The average Bonchev–Trinajstić information content (AvgIpc) is 2.78. The molecule has 2 heterocycles. The summed E-state index contributed by atoms with van der Waals surface area (Å²) in [5.74, 6) is 0.236. The van der Waals surface area contributed by atoms with Gasteiger partial charge in [0.2, 0.25) is 0 Å². The van der Waals surface area contributed by atoms with Crippen LogP contribution in [0.15, 0.2) is 24.3 Å². The molecule has 1 unspecified atom stereocenters. The Hall–Kier alpha value is -2.48. The van der Waals surface area contributed by atoms with E-state index in [1.54, 1.807) is 11.9 Å². The molecular formula is C25H41N5O3. The predicted molar refractivity (Wildman–Crippen MR) is 133 cm³/mol. The molecule has 184 valence electrons. The third-order valence-electron chi connectivity index (χ3n) is 6.35. The topological polar surface area (TPSA) is 68.4 Å². The van der Waals surface area contributed by atoms with Crippen molar-refractivity contribution in [3.8, 4) is 0 Å². The highest BCUT2D eigenvalue weighted by molar-refractivity contribution is 5.93. The van der Waals surface area contributed by atoms with Crippen LogP contribution in [0.3, 0.4) is 0 Å². The third-order valence-corrected chi connectivity index (χ3v) is 6.35. The van der Waals surface area contributed by atoms with E-state index in [1.165, 1.54) is 0 Å². The van der Waals surface area contributed by atoms with Gasteiger partial charge < -0.3 is 29.7 Å². The van der Waals surface area contributed by atoms with Crippen molar-refractivity contribution in [2.24, 2.45) is 5.92 Å². The van der Waals surface area contributed by atoms with Gasteiger partial charge in [-0.25, -0.2) is 9.59 Å². The van der Waals surface area contributed by atoms with E-state index in [2.05, 4.69) is 28.1 Å². The fourth-order valence-corrected chi connectivity index (χ4v) is 4.55. The van der Waals surface area contributed by atoms with Gasteiger partial charge in [0.1, 0.15) is 5.60 Å². The maximum atomic E-state index is 13.1. The van der Waals surface area contributed by atoms with E-state index in [9.17, 15) is 9.59 Å². The van der Waals surface area contributed by atoms with Crippen LogP contribution in [0.1, 0.15) is 40.5 Å². The Labute approximate surface area is 198 Å². The minimum absolute atomic E-state index is 0.0701. The lowest BCUT2D eigenvalue weighted by Gasteiger charge is -2.37. The lowest BCUT2D eigenvalue weighted by molar-refractivity contribution is 0.0253. The number of anilines is 2. The molecule has 3 rings (SSSR count). The number of piperidine rings is 1. The minimum Gasteiger partial charge on any atom is -0.444 e. The van der Waals surface area contributed by atoms with E-state index in [-0.39, 0.29) is 18.0 Å². The van der Waals surface area contributed by atoms with Crippen molar-refractivity contribution < 1.29 is 14.3 Å². The van der Waals surface area contributed by atoms with Crippen molar-refractivity contribution in [3.05, 3.63) is 24.3 Å². The Bertz CT molecular complexity index is 801. The number of rotatable bonds is 5. The summed E-state index contributed by atoms with van der Waals surface area (Å²) in [5.41, 5.74) is 1.43. The molecule has 1 atom stereocenters. The SMILES string of the molecule is CCN1CCN(c2ccccc2NC(=O)N2CCCC(CN(C)C(=O)OC(C)(C)C)C2)CC1. The molecule has 0 spiro atoms. The lowest BCUT2D eigenvalue weighted by Crippen LogP contribution is -2.47. The summed E-state index contributed by atoms with van der Waals surface area (Å²) in [6, 6.07) is 8.00. The summed E-state index contributed by atoms with van der Waals surface area (Å²) in [7, 11) is 1.77. The molecule has 2 fully saturated rings. The maximum absolute atomic E-state index is 13.1. The first-order valence-electron chi connectivity index (χ1n) is 12.2. The summed E-state index contributed by atoms with van der Waals surface area (Å²) in [6.07, 6.45) is 1.61. The summed E-state index contributed by atoms with van der Waals surface area (Å²) >= 11 is 0. The predicted octanol–water partition coefficient (Wildman–Crippen LogP) is 3.94. The van der Waals surface area contributed by atoms with E-state index < -0.39 is 5.60 Å². The Balaban J connectivity index is 1.57. The summed E-state index contributed by atoms with van der Waals surface area (Å²) in [4.78, 5) is 33.8. The highest BCUT2D eigenvalue weighted by Gasteiger charge is 2.28. The van der Waals surface area contributed by atoms with Crippen LogP contribution in [-0.2, 0) is 4.74 Å². The molecule has 2 aliphatic heterocycles. The fourth-order valence-electron chi connectivity index (χ4n) is 4.55. The number of carbonyl (C=O) groups is 2. The number of amides is 3. The number of benzene rings is 1. The number of urea groups is 1. The molecule has 3 amide bonds. The van der Waals surface area contributed by atoms with E-state index in [0.717, 1.165) is 63.5 Å². The summed E-state index contributed by atoms with van der Waals surface area (Å²) in [5, 5.41) is 3.16. The number of likely N-dealkylation sites (N-methyl/N-ethyl adjacent to an activating group) is 1. The number of nitrogens with one attached hydrogen (secondary N) is 1. The highest BCUT2D eigenvalue weighted by atomic mass is 16.6. The number of likely N-dealkylation sites (tertiary alicyclic amines) is 1. The molecule has 33 heavy (non-hydrogen) atoms. The molecule has 0 bridgehead atoms. The largest absolute Gasteiger partial charge is 0.444 e. The zero-order valence-corrected chi connectivity index (χ0v) is 21.0. The second-order valence-electron chi connectivity index (χ2n) is 10.2. The van der Waals surface area contributed by atoms with Crippen LogP contribution in [-0.4, -0.2) is 91.8 Å². The van der Waals surface area contributed by atoms with Gasteiger partial charge in [-0.2, -0.15) is 0 Å². The number of para-hydroxylation sites is 2. The van der Waals surface area contributed by atoms with Gasteiger partial charge in [0.15, 0.2) is 0 Å². The van der Waals surface area contributed by atoms with E-state index >= 15 is 0 Å². The first kappa shape index (κ1) is 25.1. The molecule has 8 heteroatoms. The molecule has 1 aromatic carbocycles. The highest BCUT2D eigenvalue weighted by Crippen LogP contribution is 2.28. The van der Waals surface area contributed by atoms with Gasteiger partial charge in [0.25, 0.3) is 0 Å². The molecule has 1 N–H and O–H groups in total. The Morgan fingerprint density at radius 1 is 1.12 bits per heavy atom. The van der Waals surface area contributed by atoms with Crippen molar-refractivity contribution in [2.75, 3.05) is 69.6 Å². The Morgan fingerprint density at radius 3 is 2.48 bits per heavy atom. The molecule has 1 aromatic rings. The molecule has 2 aliphatic rings. The van der Waals surface area contributed by atoms with Crippen molar-refractivity contribution in [2.45, 2.75) is 46.1 Å². The second-order valence-corrected chi connectivity index (χ2v) is 10.2. The zero-order chi connectivity index (χ0) is 24.0. The average molecular weight is 460 g/mol. The number of nitrogens with zero attached hydrogens (tertiary/aromatic N) is 4. The van der Waals surface area contributed by atoms with Gasteiger partial charge in [-0.1, -0.05) is 19.1 Å². The monoisotopic (exact) mass is 459 g/mol. The summed E-state index contributed by atoms with van der Waals surface area (Å²) in [6.45, 7) is 14.8. The third kappa shape index (κ3) is 7.25. The fraction of sp³-hybridized carbons (Fsp3) is 0.680. The van der Waals surface area contributed by atoms with Crippen molar-refractivity contribution in [1.29, 1.82) is 0 Å². The first-order chi connectivity index (χ1) is 15.7. The second kappa shape index (κ2) is 11.1. The number of hydrogen-bond acceptors (Lipinski definition) is 5. The van der Waals surface area contributed by atoms with Gasteiger partial charge in [-0.05, 0) is 58.2 Å². The van der Waals surface area contributed by atoms with Crippen LogP contribution in [0.4, 0.5) is 21.0 Å². The van der Waals surface area contributed by atoms with Gasteiger partial charge >= 0.3 is 12.1 Å². The van der Waals surface area contributed by atoms with Crippen molar-refractivity contribution in [1.82, 2.24) is 14.7 Å². The van der Waals surface area contributed by atoms with Gasteiger partial charge in [-0.15, -0.1) is 0 Å². The zero-order valence-electron chi connectivity index (χ0n) is 21.0. The molecule has 0 aromatic heterocycles. The van der Waals surface area contributed by atoms with E-state index in [4.69, 9.17) is 4.74 Å². The number of carbonyl (C=O) groups excluding carboxylic acids is 2. The number of piperazine rings is 1. The van der Waals surface area contributed by atoms with Crippen LogP contribution < -0.4 is 10.2 Å². The molecule has 0 radical (unpaired) electrons. The molecule has 8 nitrogen and oxygen atoms in total. The van der Waals surface area contributed by atoms with Crippen LogP contribution in [0, 0.1) is 5.92 Å². The van der Waals surface area contributed by atoms with Crippen LogP contribution in [0.5, 0.6) is 0 Å². The molecule has 0 aliphatic carbocycles. The first-order valence-corrected chi connectivity index (χ1v) is 12.2. The smallest absolute Gasteiger partial charge is 0.410 e. The maximum Gasteiger partial charge on any atom is 0.410 e. The molecule has 2 saturated heterocycles. The van der Waals surface area contributed by atoms with Gasteiger partial charge in [0.05, 0.1) is 11.4 Å².